The summed E-state index contributed by atoms with van der Waals surface area (Å²) in [6.45, 7) is 4.46. The maximum Gasteiger partial charge on any atom is 0.290 e. The minimum absolute atomic E-state index is 0.266. The molecule has 1 N–H and O–H groups in total. The van der Waals surface area contributed by atoms with Crippen LogP contribution in [0.25, 0.3) is 0 Å². The molecule has 0 heterocycles. The molecule has 0 fully saturated rings. The van der Waals surface area contributed by atoms with Gasteiger partial charge < -0.3 is 14.6 Å². The molecule has 0 aromatic heterocycles. The van der Waals surface area contributed by atoms with Gasteiger partial charge in [0, 0.05) is 13.2 Å². The van der Waals surface area contributed by atoms with Crippen molar-refractivity contribution in [1.29, 1.82) is 0 Å². The Labute approximate surface area is 69.5 Å². The van der Waals surface area contributed by atoms with Crippen molar-refractivity contribution in [3.05, 3.63) is 0 Å². The van der Waals surface area contributed by atoms with Gasteiger partial charge in [-0.05, 0) is 13.8 Å². The molecule has 62 valence electrons. The molecule has 0 aliphatic carbocycles. The summed E-state index contributed by atoms with van der Waals surface area (Å²) in [5, 5.41) is 9.59. The van der Waals surface area contributed by atoms with Gasteiger partial charge in [-0.1, -0.05) is 15.9 Å². The highest BCUT2D eigenvalue weighted by Gasteiger charge is 2.25. The molecule has 3 nitrogen and oxygen atoms in total. The number of hydrogen-bond acceptors (Lipinski definition) is 3. The molecule has 0 saturated carbocycles. The standard InChI is InChI=1S/C6H13BrO3/c1-3-9-6(8,5-7)10-4-2/h8H,3-5H2,1-2H3. The molecule has 0 spiro atoms. The Balaban J connectivity index is 3.69. The van der Waals surface area contributed by atoms with Crippen LogP contribution in [0, 0.1) is 0 Å². The van der Waals surface area contributed by atoms with Crippen LogP contribution in [0.15, 0.2) is 0 Å². The van der Waals surface area contributed by atoms with Crippen LogP contribution in [0.2, 0.25) is 0 Å². The Hall–Kier alpha value is 0.360. The van der Waals surface area contributed by atoms with Gasteiger partial charge in [-0.3, -0.25) is 0 Å². The minimum atomic E-state index is -1.44. The maximum atomic E-state index is 9.33. The fourth-order valence-corrected chi connectivity index (χ4v) is 0.894. The molecule has 0 aliphatic heterocycles. The molecule has 0 amide bonds. The average Bonchev–Trinajstić information content (AvgIpc) is 1.89. The van der Waals surface area contributed by atoms with E-state index in [-0.39, 0.29) is 5.33 Å². The second-order valence-corrected chi connectivity index (χ2v) is 2.27. The van der Waals surface area contributed by atoms with Crippen molar-refractivity contribution >= 4 is 15.9 Å². The Kier molecular flexibility index (Phi) is 5.25. The van der Waals surface area contributed by atoms with Crippen LogP contribution in [-0.2, 0) is 9.47 Å². The number of ether oxygens (including phenoxy) is 2. The number of hydrogen-bond donors (Lipinski definition) is 1. The third kappa shape index (κ3) is 3.51. The summed E-state index contributed by atoms with van der Waals surface area (Å²) in [6.07, 6.45) is 0. The van der Waals surface area contributed by atoms with E-state index in [0.29, 0.717) is 13.2 Å². The highest BCUT2D eigenvalue weighted by atomic mass is 79.9. The lowest BCUT2D eigenvalue weighted by Gasteiger charge is -2.24. The Morgan fingerprint density at radius 3 is 1.90 bits per heavy atom. The van der Waals surface area contributed by atoms with Crippen LogP contribution < -0.4 is 0 Å². The van der Waals surface area contributed by atoms with Crippen LogP contribution in [0.5, 0.6) is 0 Å². The zero-order valence-electron chi connectivity index (χ0n) is 6.26. The Morgan fingerprint density at radius 1 is 1.30 bits per heavy atom. The minimum Gasteiger partial charge on any atom is -0.343 e. The first-order chi connectivity index (χ1) is 4.68. The fourth-order valence-electron chi connectivity index (χ4n) is 0.570. The first-order valence-electron chi connectivity index (χ1n) is 3.24. The predicted octanol–water partition coefficient (Wildman–Crippen LogP) is 1.10. The summed E-state index contributed by atoms with van der Waals surface area (Å²) < 4.78 is 9.81. The van der Waals surface area contributed by atoms with Crippen LogP contribution in [0.3, 0.4) is 0 Å². The number of aliphatic hydroxyl groups is 1. The van der Waals surface area contributed by atoms with E-state index in [9.17, 15) is 5.11 Å². The van der Waals surface area contributed by atoms with E-state index in [1.54, 1.807) is 13.8 Å². The summed E-state index contributed by atoms with van der Waals surface area (Å²) in [7, 11) is 0. The second-order valence-electron chi connectivity index (χ2n) is 1.71. The van der Waals surface area contributed by atoms with Crippen molar-refractivity contribution < 1.29 is 14.6 Å². The highest BCUT2D eigenvalue weighted by Crippen LogP contribution is 2.11. The largest absolute Gasteiger partial charge is 0.343 e. The van der Waals surface area contributed by atoms with Crippen LogP contribution >= 0.6 is 15.9 Å². The second kappa shape index (κ2) is 5.07. The molecule has 0 aromatic rings. The van der Waals surface area contributed by atoms with Gasteiger partial charge in [0.25, 0.3) is 5.97 Å². The lowest BCUT2D eigenvalue weighted by atomic mass is 10.6. The molecular formula is C6H13BrO3. The molecule has 0 radical (unpaired) electrons. The summed E-state index contributed by atoms with van der Waals surface area (Å²) in [6, 6.07) is 0. The van der Waals surface area contributed by atoms with Crippen LogP contribution in [-0.4, -0.2) is 29.6 Å². The zero-order valence-corrected chi connectivity index (χ0v) is 7.85. The topological polar surface area (TPSA) is 38.7 Å². The third-order valence-corrected chi connectivity index (χ3v) is 1.62. The van der Waals surface area contributed by atoms with Gasteiger partial charge in [-0.25, -0.2) is 0 Å². The maximum absolute atomic E-state index is 9.33. The van der Waals surface area contributed by atoms with E-state index < -0.39 is 5.97 Å². The van der Waals surface area contributed by atoms with E-state index in [1.807, 2.05) is 0 Å². The summed E-state index contributed by atoms with van der Waals surface area (Å²) in [5.74, 6) is -1.44. The third-order valence-electron chi connectivity index (χ3n) is 0.909. The van der Waals surface area contributed by atoms with Crippen molar-refractivity contribution in [3.8, 4) is 0 Å². The van der Waals surface area contributed by atoms with Gasteiger partial charge in [0.1, 0.15) is 0 Å². The molecule has 0 aromatic carbocycles. The lowest BCUT2D eigenvalue weighted by Crippen LogP contribution is -2.37. The quantitative estimate of drug-likeness (QED) is 0.549. The van der Waals surface area contributed by atoms with E-state index in [1.165, 1.54) is 0 Å². The van der Waals surface area contributed by atoms with E-state index >= 15 is 0 Å². The molecule has 0 rings (SSSR count). The molecule has 4 heteroatoms. The first kappa shape index (κ1) is 10.4. The smallest absolute Gasteiger partial charge is 0.290 e. The van der Waals surface area contributed by atoms with Crippen molar-refractivity contribution in [2.75, 3.05) is 18.5 Å². The number of rotatable bonds is 5. The van der Waals surface area contributed by atoms with Crippen LogP contribution in [0.1, 0.15) is 13.8 Å². The number of halogens is 1. The molecule has 0 bridgehead atoms. The summed E-state index contributed by atoms with van der Waals surface area (Å²) >= 11 is 3.07. The number of alkyl halides is 1. The molecule has 0 saturated heterocycles. The van der Waals surface area contributed by atoms with E-state index in [4.69, 9.17) is 9.47 Å². The zero-order chi connectivity index (χ0) is 8.04. The predicted molar refractivity (Wildman–Crippen MR) is 42.0 cm³/mol. The first-order valence-corrected chi connectivity index (χ1v) is 4.37. The molecule has 0 atom stereocenters. The van der Waals surface area contributed by atoms with Gasteiger partial charge in [-0.2, -0.15) is 0 Å². The summed E-state index contributed by atoms with van der Waals surface area (Å²) in [5.41, 5.74) is 0. The fraction of sp³-hybridized carbons (Fsp3) is 1.00. The molecule has 0 unspecified atom stereocenters. The van der Waals surface area contributed by atoms with E-state index in [2.05, 4.69) is 15.9 Å². The summed E-state index contributed by atoms with van der Waals surface area (Å²) in [4.78, 5) is 0. The van der Waals surface area contributed by atoms with Gasteiger partial charge in [0.05, 0.1) is 5.33 Å². The molecule has 10 heavy (non-hydrogen) atoms. The molecule has 0 aliphatic rings. The molecular weight excluding hydrogens is 200 g/mol. The Bertz CT molecular complexity index is 81.1. The highest BCUT2D eigenvalue weighted by molar-refractivity contribution is 9.09. The normalized spacial score (nSPS) is 12.0. The SMILES string of the molecule is CCOC(O)(CBr)OCC. The van der Waals surface area contributed by atoms with Gasteiger partial charge >= 0.3 is 0 Å². The van der Waals surface area contributed by atoms with Gasteiger partial charge in [0.15, 0.2) is 0 Å². The average molecular weight is 213 g/mol. The van der Waals surface area contributed by atoms with Gasteiger partial charge in [-0.15, -0.1) is 0 Å². The lowest BCUT2D eigenvalue weighted by molar-refractivity contribution is -0.341. The van der Waals surface area contributed by atoms with Gasteiger partial charge in [0.2, 0.25) is 0 Å². The van der Waals surface area contributed by atoms with Crippen molar-refractivity contribution in [2.45, 2.75) is 19.8 Å². The van der Waals surface area contributed by atoms with Crippen molar-refractivity contribution in [1.82, 2.24) is 0 Å². The monoisotopic (exact) mass is 212 g/mol. The Morgan fingerprint density at radius 2 is 1.70 bits per heavy atom. The van der Waals surface area contributed by atoms with Crippen molar-refractivity contribution in [2.24, 2.45) is 0 Å². The van der Waals surface area contributed by atoms with Crippen molar-refractivity contribution in [3.63, 3.8) is 0 Å². The van der Waals surface area contributed by atoms with Crippen LogP contribution in [0.4, 0.5) is 0 Å². The van der Waals surface area contributed by atoms with E-state index in [0.717, 1.165) is 0 Å².